The summed E-state index contributed by atoms with van der Waals surface area (Å²) < 4.78 is 0. The van der Waals surface area contributed by atoms with Gasteiger partial charge in [0.05, 0.1) is 15.5 Å². The molecule has 2 aromatic heterocycles. The number of nitrogens with zero attached hydrogens (tertiary/aromatic N) is 4. The van der Waals surface area contributed by atoms with Crippen LogP contribution in [0.4, 0.5) is 11.5 Å². The molecule has 122 valence electrons. The summed E-state index contributed by atoms with van der Waals surface area (Å²) in [6.07, 6.45) is 3.17. The third-order valence-corrected chi connectivity index (χ3v) is 5.07. The van der Waals surface area contributed by atoms with Gasteiger partial charge in [-0.15, -0.1) is 11.3 Å². The van der Waals surface area contributed by atoms with E-state index in [0.717, 1.165) is 10.7 Å². The van der Waals surface area contributed by atoms with Gasteiger partial charge in [0, 0.05) is 42.8 Å². The molecular weight excluding hydrogens is 316 g/mol. The first-order chi connectivity index (χ1) is 11.0. The van der Waals surface area contributed by atoms with Crippen molar-refractivity contribution in [1.82, 2.24) is 9.97 Å². The number of hydrogen-bond donors (Lipinski definition) is 1. The quantitative estimate of drug-likeness (QED) is 0.681. The maximum atomic E-state index is 11.1. The van der Waals surface area contributed by atoms with Crippen LogP contribution in [0.2, 0.25) is 0 Å². The van der Waals surface area contributed by atoms with Crippen molar-refractivity contribution in [3.63, 3.8) is 0 Å². The minimum atomic E-state index is -0.801. The monoisotopic (exact) mass is 334 g/mol. The minimum Gasteiger partial charge on any atom is -0.389 e. The summed E-state index contributed by atoms with van der Waals surface area (Å²) >= 11 is 1.56. The Hall–Kier alpha value is -2.06. The smallest absolute Gasteiger partial charge is 0.311 e. The summed E-state index contributed by atoms with van der Waals surface area (Å²) in [6, 6.07) is 3.02. The maximum Gasteiger partial charge on any atom is 0.311 e. The second kappa shape index (κ2) is 6.21. The zero-order chi connectivity index (χ0) is 16.4. The van der Waals surface area contributed by atoms with Crippen molar-refractivity contribution in [3.8, 4) is 0 Å². The number of aromatic nitrogens is 2. The fraction of sp³-hybridized carbons (Fsp3) is 0.467. The molecule has 1 fully saturated rings. The minimum absolute atomic E-state index is 0.00786. The molecule has 0 aliphatic carbocycles. The van der Waals surface area contributed by atoms with E-state index in [1.807, 2.05) is 17.2 Å². The summed E-state index contributed by atoms with van der Waals surface area (Å²) in [7, 11) is 0. The Kier molecular flexibility index (Phi) is 4.27. The summed E-state index contributed by atoms with van der Waals surface area (Å²) in [6.45, 7) is 3.02. The van der Waals surface area contributed by atoms with E-state index in [-0.39, 0.29) is 5.69 Å². The number of aryl methyl sites for hydroxylation is 1. The van der Waals surface area contributed by atoms with Gasteiger partial charge in [0.25, 0.3) is 0 Å². The van der Waals surface area contributed by atoms with Crippen molar-refractivity contribution in [3.05, 3.63) is 44.5 Å². The van der Waals surface area contributed by atoms with Gasteiger partial charge in [0.15, 0.2) is 0 Å². The lowest BCUT2D eigenvalue weighted by Gasteiger charge is -2.38. The first-order valence-corrected chi connectivity index (χ1v) is 8.33. The predicted octanol–water partition coefficient (Wildman–Crippen LogP) is 2.33. The molecule has 1 aliphatic heterocycles. The molecule has 1 saturated heterocycles. The second-order valence-electron chi connectivity index (χ2n) is 5.87. The highest BCUT2D eigenvalue weighted by Crippen LogP contribution is 2.32. The predicted molar refractivity (Wildman–Crippen MR) is 87.8 cm³/mol. The van der Waals surface area contributed by atoms with Gasteiger partial charge in [0.2, 0.25) is 5.82 Å². The number of hydrogen-bond acceptors (Lipinski definition) is 7. The lowest BCUT2D eigenvalue weighted by atomic mass is 9.88. The van der Waals surface area contributed by atoms with E-state index < -0.39 is 10.5 Å². The van der Waals surface area contributed by atoms with E-state index in [0.29, 0.717) is 38.2 Å². The molecule has 0 amide bonds. The topological polar surface area (TPSA) is 92.4 Å². The molecule has 0 saturated carbocycles. The van der Waals surface area contributed by atoms with Crippen LogP contribution in [0.5, 0.6) is 0 Å². The highest BCUT2D eigenvalue weighted by atomic mass is 32.1. The molecule has 3 rings (SSSR count). The van der Waals surface area contributed by atoms with Gasteiger partial charge >= 0.3 is 5.69 Å². The molecule has 0 spiro atoms. The van der Waals surface area contributed by atoms with Gasteiger partial charge in [-0.1, -0.05) is 0 Å². The van der Waals surface area contributed by atoms with E-state index >= 15 is 0 Å². The van der Waals surface area contributed by atoms with E-state index in [1.165, 1.54) is 6.07 Å². The molecule has 23 heavy (non-hydrogen) atoms. The molecule has 0 unspecified atom stereocenters. The SMILES string of the molecule is Cc1csc(CC2(O)CCN(c3ncccc3[N+](=O)[O-])CC2)n1. The highest BCUT2D eigenvalue weighted by molar-refractivity contribution is 7.09. The molecule has 1 N–H and O–H groups in total. The lowest BCUT2D eigenvalue weighted by molar-refractivity contribution is -0.384. The van der Waals surface area contributed by atoms with Crippen molar-refractivity contribution in [2.45, 2.75) is 31.8 Å². The van der Waals surface area contributed by atoms with E-state index in [4.69, 9.17) is 0 Å². The van der Waals surface area contributed by atoms with Crippen LogP contribution >= 0.6 is 11.3 Å². The van der Waals surface area contributed by atoms with Crippen LogP contribution < -0.4 is 4.90 Å². The van der Waals surface area contributed by atoms with Gasteiger partial charge in [-0.2, -0.15) is 0 Å². The summed E-state index contributed by atoms with van der Waals surface area (Å²) in [5, 5.41) is 24.8. The molecule has 0 aromatic carbocycles. The lowest BCUT2D eigenvalue weighted by Crippen LogP contribution is -2.46. The molecule has 0 atom stereocenters. The molecule has 8 heteroatoms. The molecule has 0 radical (unpaired) electrons. The largest absolute Gasteiger partial charge is 0.389 e. The Morgan fingerprint density at radius 1 is 1.48 bits per heavy atom. The van der Waals surface area contributed by atoms with Crippen LogP contribution in [0.15, 0.2) is 23.7 Å². The number of nitro groups is 1. The van der Waals surface area contributed by atoms with Crippen LogP contribution in [-0.4, -0.2) is 38.7 Å². The van der Waals surface area contributed by atoms with Gasteiger partial charge < -0.3 is 10.0 Å². The van der Waals surface area contributed by atoms with E-state index in [9.17, 15) is 15.2 Å². The standard InChI is InChI=1S/C15H18N4O3S/c1-11-10-23-13(17-11)9-15(20)4-7-18(8-5-15)14-12(19(21)22)3-2-6-16-14/h2-3,6,10,20H,4-5,7-9H2,1H3. The van der Waals surface area contributed by atoms with Crippen molar-refractivity contribution in [2.75, 3.05) is 18.0 Å². The zero-order valence-electron chi connectivity index (χ0n) is 12.8. The van der Waals surface area contributed by atoms with Crippen molar-refractivity contribution in [1.29, 1.82) is 0 Å². The van der Waals surface area contributed by atoms with Gasteiger partial charge in [0.1, 0.15) is 0 Å². The second-order valence-corrected chi connectivity index (χ2v) is 6.82. The van der Waals surface area contributed by atoms with Crippen LogP contribution in [0, 0.1) is 17.0 Å². The Morgan fingerprint density at radius 3 is 2.83 bits per heavy atom. The molecular formula is C15H18N4O3S. The molecule has 2 aromatic rings. The fourth-order valence-electron chi connectivity index (χ4n) is 2.85. The Labute approximate surface area is 137 Å². The van der Waals surface area contributed by atoms with Crippen LogP contribution in [0.3, 0.4) is 0 Å². The Morgan fingerprint density at radius 2 is 2.22 bits per heavy atom. The normalized spacial score (nSPS) is 17.2. The fourth-order valence-corrected chi connectivity index (χ4v) is 3.76. The average Bonchev–Trinajstić information content (AvgIpc) is 2.92. The third kappa shape index (κ3) is 3.48. The number of thiazole rings is 1. The van der Waals surface area contributed by atoms with E-state index in [1.54, 1.807) is 23.6 Å². The summed E-state index contributed by atoms with van der Waals surface area (Å²) in [4.78, 5) is 21.1. The zero-order valence-corrected chi connectivity index (χ0v) is 13.6. The molecule has 0 bridgehead atoms. The summed E-state index contributed by atoms with van der Waals surface area (Å²) in [5.74, 6) is 0.379. The van der Waals surface area contributed by atoms with Crippen LogP contribution in [-0.2, 0) is 6.42 Å². The van der Waals surface area contributed by atoms with Crippen molar-refractivity contribution in [2.24, 2.45) is 0 Å². The maximum absolute atomic E-state index is 11.1. The number of pyridine rings is 1. The van der Waals surface area contributed by atoms with Crippen molar-refractivity contribution >= 4 is 22.8 Å². The summed E-state index contributed by atoms with van der Waals surface area (Å²) in [5.41, 5.74) is 0.174. The molecule has 7 nitrogen and oxygen atoms in total. The van der Waals surface area contributed by atoms with E-state index in [2.05, 4.69) is 9.97 Å². The number of piperidine rings is 1. The van der Waals surface area contributed by atoms with Crippen molar-refractivity contribution < 1.29 is 10.0 Å². The number of anilines is 1. The first kappa shape index (κ1) is 15.8. The number of rotatable bonds is 4. The number of aliphatic hydroxyl groups is 1. The van der Waals surface area contributed by atoms with Gasteiger partial charge in [-0.05, 0) is 25.8 Å². The van der Waals surface area contributed by atoms with Crippen LogP contribution in [0.25, 0.3) is 0 Å². The Bertz CT molecular complexity index is 710. The highest BCUT2D eigenvalue weighted by Gasteiger charge is 2.35. The third-order valence-electron chi connectivity index (χ3n) is 4.10. The average molecular weight is 334 g/mol. The van der Waals surface area contributed by atoms with Gasteiger partial charge in [-0.25, -0.2) is 9.97 Å². The first-order valence-electron chi connectivity index (χ1n) is 7.45. The van der Waals surface area contributed by atoms with Crippen LogP contribution in [0.1, 0.15) is 23.5 Å². The molecule has 1 aliphatic rings. The molecule has 3 heterocycles. The Balaban J connectivity index is 1.70. The van der Waals surface area contributed by atoms with Gasteiger partial charge in [-0.3, -0.25) is 10.1 Å².